The highest BCUT2D eigenvalue weighted by Gasteiger charge is 2.22. The second-order valence-corrected chi connectivity index (χ2v) is 5.38. The van der Waals surface area contributed by atoms with Crippen molar-refractivity contribution >= 4 is 11.6 Å². The van der Waals surface area contributed by atoms with Crippen molar-refractivity contribution in [2.45, 2.75) is 13.3 Å². The molecule has 0 aliphatic carbocycles. The summed E-state index contributed by atoms with van der Waals surface area (Å²) in [5.74, 6) is -0.266. The Morgan fingerprint density at radius 3 is 2.84 bits per heavy atom. The van der Waals surface area contributed by atoms with Gasteiger partial charge < -0.3 is 10.1 Å². The maximum Gasteiger partial charge on any atom is 0.127 e. The number of benzene rings is 1. The molecule has 0 fully saturated rings. The van der Waals surface area contributed by atoms with E-state index in [9.17, 15) is 4.39 Å². The maximum absolute atomic E-state index is 13.8. The molecule has 0 amide bonds. The molecule has 19 heavy (non-hydrogen) atoms. The second-order valence-electron chi connectivity index (χ2n) is 4.94. The number of methoxy groups -OCH3 is 1. The van der Waals surface area contributed by atoms with Crippen molar-refractivity contribution in [2.75, 3.05) is 26.8 Å². The third-order valence-corrected chi connectivity index (χ3v) is 3.35. The fourth-order valence-corrected chi connectivity index (χ4v) is 2.01. The Hall–Kier alpha value is -0.900. The molecule has 0 saturated carbocycles. The summed E-state index contributed by atoms with van der Waals surface area (Å²) in [4.78, 5) is 0. The molecule has 1 N–H and O–H groups in total. The summed E-state index contributed by atoms with van der Waals surface area (Å²) in [5.41, 5.74) is 0.447. The van der Waals surface area contributed by atoms with Gasteiger partial charge in [0.2, 0.25) is 0 Å². The van der Waals surface area contributed by atoms with Crippen molar-refractivity contribution in [3.63, 3.8) is 0 Å². The number of halogens is 2. The Kier molecular flexibility index (Phi) is 6.49. The molecule has 106 valence electrons. The third kappa shape index (κ3) is 5.31. The van der Waals surface area contributed by atoms with Gasteiger partial charge in [0, 0.05) is 30.6 Å². The van der Waals surface area contributed by atoms with Crippen LogP contribution in [0, 0.1) is 11.2 Å². The van der Waals surface area contributed by atoms with E-state index >= 15 is 0 Å². The van der Waals surface area contributed by atoms with Crippen molar-refractivity contribution in [1.29, 1.82) is 0 Å². The number of rotatable bonds is 8. The minimum absolute atomic E-state index is 0.206. The molecular weight excluding hydrogens is 265 g/mol. The van der Waals surface area contributed by atoms with Crippen LogP contribution in [0.25, 0.3) is 0 Å². The number of hydrogen-bond acceptors (Lipinski definition) is 2. The molecule has 1 aromatic carbocycles. The number of ether oxygens (including phenoxy) is 1. The lowest BCUT2D eigenvalue weighted by molar-refractivity contribution is 0.195. The average Bonchev–Trinajstić information content (AvgIpc) is 2.38. The summed E-state index contributed by atoms with van der Waals surface area (Å²) in [6.45, 7) is 8.05. The normalized spacial score (nSPS) is 14.1. The van der Waals surface area contributed by atoms with Crippen molar-refractivity contribution in [1.82, 2.24) is 5.32 Å². The Morgan fingerprint density at radius 1 is 1.53 bits per heavy atom. The predicted molar refractivity (Wildman–Crippen MR) is 78.2 cm³/mol. The molecule has 1 unspecified atom stereocenters. The van der Waals surface area contributed by atoms with Gasteiger partial charge in [-0.15, -0.1) is 6.58 Å². The monoisotopic (exact) mass is 285 g/mol. The van der Waals surface area contributed by atoms with Crippen LogP contribution in [0.3, 0.4) is 0 Å². The van der Waals surface area contributed by atoms with E-state index in [-0.39, 0.29) is 11.2 Å². The largest absolute Gasteiger partial charge is 0.383 e. The molecule has 0 spiro atoms. The second kappa shape index (κ2) is 7.63. The van der Waals surface area contributed by atoms with Gasteiger partial charge in [0.05, 0.1) is 6.61 Å². The summed E-state index contributed by atoms with van der Waals surface area (Å²) in [5, 5.41) is 3.70. The van der Waals surface area contributed by atoms with Crippen LogP contribution in [-0.2, 0) is 11.2 Å². The molecule has 0 saturated heterocycles. The summed E-state index contributed by atoms with van der Waals surface area (Å²) < 4.78 is 18.8. The van der Waals surface area contributed by atoms with Crippen LogP contribution in [0.4, 0.5) is 4.39 Å². The van der Waals surface area contributed by atoms with E-state index in [2.05, 4.69) is 11.9 Å². The molecule has 1 rings (SSSR count). The van der Waals surface area contributed by atoms with Crippen LogP contribution in [-0.4, -0.2) is 26.8 Å². The lowest BCUT2D eigenvalue weighted by atomic mass is 9.83. The summed E-state index contributed by atoms with van der Waals surface area (Å²) in [6, 6.07) is 4.79. The smallest absolute Gasteiger partial charge is 0.127 e. The lowest BCUT2D eigenvalue weighted by Crippen LogP contribution is -2.34. The molecule has 0 aliphatic rings. The number of nitrogens with one attached hydrogen (secondary N) is 1. The van der Waals surface area contributed by atoms with Gasteiger partial charge in [0.1, 0.15) is 5.82 Å². The lowest BCUT2D eigenvalue weighted by Gasteiger charge is -2.26. The zero-order chi connectivity index (χ0) is 14.3. The highest BCUT2D eigenvalue weighted by atomic mass is 35.5. The van der Waals surface area contributed by atoms with Gasteiger partial charge in [-0.3, -0.25) is 0 Å². The van der Waals surface area contributed by atoms with Crippen LogP contribution in [0.1, 0.15) is 12.5 Å². The molecule has 2 nitrogen and oxygen atoms in total. The maximum atomic E-state index is 13.8. The van der Waals surface area contributed by atoms with Crippen LogP contribution in [0.5, 0.6) is 0 Å². The van der Waals surface area contributed by atoms with E-state index in [0.29, 0.717) is 23.6 Å². The average molecular weight is 286 g/mol. The van der Waals surface area contributed by atoms with Crippen LogP contribution >= 0.6 is 11.6 Å². The van der Waals surface area contributed by atoms with E-state index in [4.69, 9.17) is 16.3 Å². The Morgan fingerprint density at radius 2 is 2.26 bits per heavy atom. The van der Waals surface area contributed by atoms with Gasteiger partial charge >= 0.3 is 0 Å². The summed E-state index contributed by atoms with van der Waals surface area (Å²) >= 11 is 5.75. The minimum atomic E-state index is -0.266. The molecule has 0 bridgehead atoms. The molecule has 4 heteroatoms. The number of hydrogen-bond donors (Lipinski definition) is 1. The Labute approximate surface area is 119 Å². The van der Waals surface area contributed by atoms with Gasteiger partial charge in [0.15, 0.2) is 0 Å². The summed E-state index contributed by atoms with van der Waals surface area (Å²) in [6.07, 6.45) is 2.44. The first-order valence-electron chi connectivity index (χ1n) is 6.28. The first-order valence-corrected chi connectivity index (χ1v) is 6.66. The van der Waals surface area contributed by atoms with Gasteiger partial charge in [-0.05, 0) is 24.1 Å². The van der Waals surface area contributed by atoms with E-state index in [1.807, 2.05) is 13.0 Å². The van der Waals surface area contributed by atoms with Crippen LogP contribution in [0.15, 0.2) is 30.9 Å². The van der Waals surface area contributed by atoms with E-state index in [0.717, 1.165) is 13.1 Å². The Balaban J connectivity index is 2.66. The molecule has 0 aromatic heterocycles. The highest BCUT2D eigenvalue weighted by Crippen LogP contribution is 2.26. The highest BCUT2D eigenvalue weighted by molar-refractivity contribution is 6.30. The van der Waals surface area contributed by atoms with Crippen molar-refractivity contribution in [3.05, 3.63) is 47.3 Å². The van der Waals surface area contributed by atoms with E-state index < -0.39 is 0 Å². The molecule has 0 heterocycles. The first-order chi connectivity index (χ1) is 9.00. The molecule has 1 aromatic rings. The zero-order valence-electron chi connectivity index (χ0n) is 11.5. The van der Waals surface area contributed by atoms with Crippen molar-refractivity contribution < 1.29 is 9.13 Å². The van der Waals surface area contributed by atoms with Gasteiger partial charge in [-0.25, -0.2) is 4.39 Å². The molecule has 0 aliphatic heterocycles. The SMILES string of the molecule is C=CC(C)(CNCCOC)Cc1ccc(Cl)cc1F. The fraction of sp³-hybridized carbons (Fsp3) is 0.467. The zero-order valence-corrected chi connectivity index (χ0v) is 12.3. The fourth-order valence-electron chi connectivity index (χ4n) is 1.86. The molecule has 0 radical (unpaired) electrons. The van der Waals surface area contributed by atoms with Crippen molar-refractivity contribution in [3.8, 4) is 0 Å². The minimum Gasteiger partial charge on any atom is -0.383 e. The van der Waals surface area contributed by atoms with Crippen LogP contribution < -0.4 is 5.32 Å². The third-order valence-electron chi connectivity index (χ3n) is 3.11. The van der Waals surface area contributed by atoms with E-state index in [1.165, 1.54) is 6.07 Å². The standard InChI is InChI=1S/C15H21ClFNO/c1-4-15(2,11-18-7-8-19-3)10-12-5-6-13(16)9-14(12)17/h4-6,9,18H,1,7-8,10-11H2,2-3H3. The quantitative estimate of drug-likeness (QED) is 0.583. The van der Waals surface area contributed by atoms with Crippen molar-refractivity contribution in [2.24, 2.45) is 5.41 Å². The van der Waals surface area contributed by atoms with Gasteiger partial charge in [-0.1, -0.05) is 30.7 Å². The van der Waals surface area contributed by atoms with Gasteiger partial charge in [0.25, 0.3) is 0 Å². The Bertz CT molecular complexity index is 425. The molecule has 1 atom stereocenters. The molecular formula is C15H21ClFNO. The summed E-state index contributed by atoms with van der Waals surface area (Å²) in [7, 11) is 1.66. The predicted octanol–water partition coefficient (Wildman–Crippen LogP) is 3.45. The van der Waals surface area contributed by atoms with Crippen LogP contribution in [0.2, 0.25) is 5.02 Å². The van der Waals surface area contributed by atoms with Gasteiger partial charge in [-0.2, -0.15) is 0 Å². The topological polar surface area (TPSA) is 21.3 Å². The first kappa shape index (κ1) is 16.2. The van der Waals surface area contributed by atoms with E-state index in [1.54, 1.807) is 19.2 Å².